The van der Waals surface area contributed by atoms with Crippen molar-refractivity contribution >= 4 is 11.6 Å². The molecule has 0 unspecified atom stereocenters. The van der Waals surface area contributed by atoms with Crippen LogP contribution in [0.5, 0.6) is 0 Å². The number of hydrogen-bond acceptors (Lipinski definition) is 5. The molecule has 0 spiro atoms. The smallest absolute Gasteiger partial charge is 0.223 e. The number of benzene rings is 1. The van der Waals surface area contributed by atoms with Gasteiger partial charge in [0.2, 0.25) is 5.89 Å². The number of aromatic nitrogens is 2. The highest BCUT2D eigenvalue weighted by Crippen LogP contribution is 2.19. The molecule has 1 aliphatic heterocycles. The average Bonchev–Trinajstić information content (AvgIpc) is 2.99. The maximum atomic E-state index is 5.96. The summed E-state index contributed by atoms with van der Waals surface area (Å²) in [4.78, 5) is 9.18. The Labute approximate surface area is 155 Å². The Morgan fingerprint density at radius 2 is 2.12 bits per heavy atom. The molecule has 0 N–H and O–H groups in total. The fourth-order valence-electron chi connectivity index (χ4n) is 3.59. The van der Waals surface area contributed by atoms with Crippen molar-refractivity contribution in [2.45, 2.75) is 32.7 Å². The highest BCUT2D eigenvalue weighted by Gasteiger charge is 2.21. The van der Waals surface area contributed by atoms with E-state index in [0.717, 1.165) is 36.9 Å². The third-order valence-electron chi connectivity index (χ3n) is 4.78. The van der Waals surface area contributed by atoms with Crippen LogP contribution in [-0.4, -0.2) is 53.2 Å². The average molecular weight is 363 g/mol. The van der Waals surface area contributed by atoms with Crippen molar-refractivity contribution in [3.8, 4) is 0 Å². The molecule has 0 bridgehead atoms. The lowest BCUT2D eigenvalue weighted by molar-refractivity contribution is 0.141. The van der Waals surface area contributed by atoms with Crippen molar-refractivity contribution in [2.75, 3.05) is 33.2 Å². The normalized spacial score (nSPS) is 18.8. The summed E-state index contributed by atoms with van der Waals surface area (Å²) in [5, 5.41) is 4.79. The van der Waals surface area contributed by atoms with Crippen LogP contribution in [-0.2, 0) is 13.0 Å². The molecule has 1 aromatic carbocycles. The highest BCUT2D eigenvalue weighted by atomic mass is 35.5. The lowest BCUT2D eigenvalue weighted by Crippen LogP contribution is -2.40. The van der Waals surface area contributed by atoms with Crippen molar-refractivity contribution in [3.05, 3.63) is 46.6 Å². The minimum atomic E-state index is 0.634. The summed E-state index contributed by atoms with van der Waals surface area (Å²) in [6, 6.07) is 8.21. The minimum absolute atomic E-state index is 0.634. The molecule has 2 aromatic rings. The van der Waals surface area contributed by atoms with E-state index in [1.807, 2.05) is 19.1 Å². The molecule has 1 aromatic heterocycles. The number of likely N-dealkylation sites (tertiary alicyclic amines) is 1. The van der Waals surface area contributed by atoms with E-state index in [4.69, 9.17) is 16.1 Å². The monoisotopic (exact) mass is 362 g/mol. The SMILES string of the molecule is Cc1nc(CN(C)C[C@@H]2CCCN(CCc3ccc(Cl)cc3)C2)no1. The van der Waals surface area contributed by atoms with Gasteiger partial charge in [-0.3, -0.25) is 4.90 Å². The van der Waals surface area contributed by atoms with Crippen LogP contribution in [0.1, 0.15) is 30.1 Å². The molecule has 0 aliphatic carbocycles. The van der Waals surface area contributed by atoms with Crippen LogP contribution in [0, 0.1) is 12.8 Å². The van der Waals surface area contributed by atoms with E-state index < -0.39 is 0 Å². The zero-order valence-electron chi connectivity index (χ0n) is 15.1. The molecule has 1 atom stereocenters. The molecule has 25 heavy (non-hydrogen) atoms. The van der Waals surface area contributed by atoms with E-state index in [0.29, 0.717) is 11.8 Å². The van der Waals surface area contributed by atoms with Crippen LogP contribution in [0.15, 0.2) is 28.8 Å². The Kier molecular flexibility index (Phi) is 6.45. The molecule has 1 saturated heterocycles. The van der Waals surface area contributed by atoms with Gasteiger partial charge in [0.05, 0.1) is 6.54 Å². The molecule has 1 fully saturated rings. The van der Waals surface area contributed by atoms with E-state index in [1.165, 1.54) is 31.5 Å². The maximum Gasteiger partial charge on any atom is 0.223 e. The number of aryl methyl sites for hydroxylation is 1. The molecule has 0 saturated carbocycles. The first-order chi connectivity index (χ1) is 12.1. The third kappa shape index (κ3) is 5.80. The summed E-state index contributed by atoms with van der Waals surface area (Å²) in [7, 11) is 2.14. The Morgan fingerprint density at radius 3 is 2.84 bits per heavy atom. The number of nitrogens with zero attached hydrogens (tertiary/aromatic N) is 4. The van der Waals surface area contributed by atoms with Gasteiger partial charge in [-0.25, -0.2) is 0 Å². The van der Waals surface area contributed by atoms with Gasteiger partial charge in [-0.2, -0.15) is 4.98 Å². The molecule has 0 amide bonds. The summed E-state index contributed by atoms with van der Waals surface area (Å²) in [6.07, 6.45) is 3.66. The quantitative estimate of drug-likeness (QED) is 0.755. The van der Waals surface area contributed by atoms with E-state index in [2.05, 4.69) is 39.1 Å². The van der Waals surface area contributed by atoms with Crippen molar-refractivity contribution in [1.82, 2.24) is 19.9 Å². The van der Waals surface area contributed by atoms with Gasteiger partial charge in [0.1, 0.15) is 0 Å². The van der Waals surface area contributed by atoms with Gasteiger partial charge in [-0.1, -0.05) is 28.9 Å². The minimum Gasteiger partial charge on any atom is -0.340 e. The molecular weight excluding hydrogens is 336 g/mol. The second-order valence-electron chi connectivity index (χ2n) is 7.11. The number of hydrogen-bond donors (Lipinski definition) is 0. The van der Waals surface area contributed by atoms with E-state index in [9.17, 15) is 0 Å². The molecule has 2 heterocycles. The summed E-state index contributed by atoms with van der Waals surface area (Å²) in [5.74, 6) is 2.11. The van der Waals surface area contributed by atoms with Crippen LogP contribution in [0.2, 0.25) is 5.02 Å². The number of piperidine rings is 1. The van der Waals surface area contributed by atoms with E-state index in [-0.39, 0.29) is 0 Å². The van der Waals surface area contributed by atoms with Crippen molar-refractivity contribution < 1.29 is 4.52 Å². The van der Waals surface area contributed by atoms with Gasteiger partial charge in [0, 0.05) is 31.6 Å². The number of rotatable bonds is 7. The fraction of sp³-hybridized carbons (Fsp3) is 0.579. The molecule has 5 nitrogen and oxygen atoms in total. The van der Waals surface area contributed by atoms with Crippen LogP contribution in [0.4, 0.5) is 0 Å². The number of halogens is 1. The lowest BCUT2D eigenvalue weighted by atomic mass is 9.97. The maximum absolute atomic E-state index is 5.96. The largest absolute Gasteiger partial charge is 0.340 e. The lowest BCUT2D eigenvalue weighted by Gasteiger charge is -2.34. The first-order valence-corrected chi connectivity index (χ1v) is 9.41. The first-order valence-electron chi connectivity index (χ1n) is 9.03. The van der Waals surface area contributed by atoms with Crippen molar-refractivity contribution in [2.24, 2.45) is 5.92 Å². The second kappa shape index (κ2) is 8.79. The third-order valence-corrected chi connectivity index (χ3v) is 5.04. The second-order valence-corrected chi connectivity index (χ2v) is 7.55. The van der Waals surface area contributed by atoms with Gasteiger partial charge in [0.25, 0.3) is 0 Å². The standard InChI is InChI=1S/C19H27ClN4O/c1-15-21-19(22-25-15)14-23(2)12-17-4-3-10-24(13-17)11-9-16-5-7-18(20)8-6-16/h5-8,17H,3-4,9-14H2,1-2H3/t17-/m0/s1. The zero-order chi connectivity index (χ0) is 17.6. The summed E-state index contributed by atoms with van der Waals surface area (Å²) >= 11 is 5.96. The van der Waals surface area contributed by atoms with Crippen molar-refractivity contribution in [1.29, 1.82) is 0 Å². The molecule has 1 aliphatic rings. The van der Waals surface area contributed by atoms with Crippen LogP contribution in [0.25, 0.3) is 0 Å². The Hall–Kier alpha value is -1.43. The fourth-order valence-corrected chi connectivity index (χ4v) is 3.72. The Balaban J connectivity index is 1.43. The predicted octanol–water partition coefficient (Wildman–Crippen LogP) is 3.42. The van der Waals surface area contributed by atoms with E-state index in [1.54, 1.807) is 0 Å². The van der Waals surface area contributed by atoms with Gasteiger partial charge in [-0.15, -0.1) is 0 Å². The van der Waals surface area contributed by atoms with Gasteiger partial charge < -0.3 is 9.42 Å². The topological polar surface area (TPSA) is 45.4 Å². The summed E-state index contributed by atoms with van der Waals surface area (Å²) < 4.78 is 5.05. The van der Waals surface area contributed by atoms with Gasteiger partial charge >= 0.3 is 0 Å². The van der Waals surface area contributed by atoms with Gasteiger partial charge in [0.15, 0.2) is 5.82 Å². The Morgan fingerprint density at radius 1 is 1.32 bits per heavy atom. The predicted molar refractivity (Wildman–Crippen MR) is 99.7 cm³/mol. The summed E-state index contributed by atoms with van der Waals surface area (Å²) in [5.41, 5.74) is 1.36. The van der Waals surface area contributed by atoms with Crippen LogP contribution >= 0.6 is 11.6 Å². The van der Waals surface area contributed by atoms with Crippen LogP contribution in [0.3, 0.4) is 0 Å². The highest BCUT2D eigenvalue weighted by molar-refractivity contribution is 6.30. The van der Waals surface area contributed by atoms with E-state index >= 15 is 0 Å². The Bertz CT molecular complexity index is 658. The van der Waals surface area contributed by atoms with Crippen molar-refractivity contribution in [3.63, 3.8) is 0 Å². The molecule has 136 valence electrons. The van der Waals surface area contributed by atoms with Gasteiger partial charge in [-0.05, 0) is 56.5 Å². The molecule has 6 heteroatoms. The molecule has 3 rings (SSSR count). The molecular formula is C19H27ClN4O. The van der Waals surface area contributed by atoms with Crippen LogP contribution < -0.4 is 0 Å². The molecule has 0 radical (unpaired) electrons. The summed E-state index contributed by atoms with van der Waals surface area (Å²) in [6.45, 7) is 7.15. The first kappa shape index (κ1) is 18.4. The zero-order valence-corrected chi connectivity index (χ0v) is 15.9.